The summed E-state index contributed by atoms with van der Waals surface area (Å²) < 4.78 is 29.5. The summed E-state index contributed by atoms with van der Waals surface area (Å²) in [4.78, 5) is 18.1. The predicted octanol–water partition coefficient (Wildman–Crippen LogP) is 2.06. The van der Waals surface area contributed by atoms with Crippen LogP contribution in [0.2, 0.25) is 0 Å². The number of aromatic amines is 1. The summed E-state index contributed by atoms with van der Waals surface area (Å²) in [7, 11) is -1.92. The van der Waals surface area contributed by atoms with E-state index in [9.17, 15) is 13.2 Å². The van der Waals surface area contributed by atoms with Crippen molar-refractivity contribution in [2.24, 2.45) is 7.05 Å². The second-order valence-corrected chi connectivity index (χ2v) is 9.32. The first-order valence-corrected chi connectivity index (χ1v) is 11.1. The summed E-state index contributed by atoms with van der Waals surface area (Å²) in [5.41, 5.74) is 2.57. The van der Waals surface area contributed by atoms with Crippen LogP contribution in [0.4, 0.5) is 0 Å². The van der Waals surface area contributed by atoms with Crippen molar-refractivity contribution in [1.82, 2.24) is 24.0 Å². The fourth-order valence-corrected chi connectivity index (χ4v) is 5.82. The van der Waals surface area contributed by atoms with E-state index in [0.29, 0.717) is 43.1 Å². The fourth-order valence-electron chi connectivity index (χ4n) is 3.95. The molecular formula is C20H25N5O3S. The Labute approximate surface area is 170 Å². The van der Waals surface area contributed by atoms with Gasteiger partial charge in [-0.2, -0.15) is 9.40 Å². The largest absolute Gasteiger partial charge is 0.351 e. The highest BCUT2D eigenvalue weighted by atomic mass is 32.2. The molecule has 3 heterocycles. The van der Waals surface area contributed by atoms with E-state index in [4.69, 9.17) is 0 Å². The Morgan fingerprint density at radius 1 is 1.10 bits per heavy atom. The SMILES string of the molecule is Cc1nn(C)c(C)c1S(=O)(=O)N1CCCN(C(=O)c2cc3ccccc3[nH]2)CC1. The molecule has 4 rings (SSSR count). The molecule has 1 amide bonds. The molecule has 9 heteroatoms. The predicted molar refractivity (Wildman–Crippen MR) is 110 cm³/mol. The molecule has 154 valence electrons. The summed E-state index contributed by atoms with van der Waals surface area (Å²) in [5, 5.41) is 5.22. The van der Waals surface area contributed by atoms with Gasteiger partial charge in [-0.25, -0.2) is 8.42 Å². The van der Waals surface area contributed by atoms with Crippen LogP contribution in [-0.2, 0) is 17.1 Å². The third-order valence-corrected chi connectivity index (χ3v) is 7.69. The van der Waals surface area contributed by atoms with Gasteiger partial charge in [0.05, 0.1) is 11.4 Å². The van der Waals surface area contributed by atoms with Gasteiger partial charge in [0.15, 0.2) is 0 Å². The molecule has 0 spiro atoms. The van der Waals surface area contributed by atoms with Gasteiger partial charge in [0.2, 0.25) is 10.0 Å². The molecule has 0 unspecified atom stereocenters. The van der Waals surface area contributed by atoms with Gasteiger partial charge in [0, 0.05) is 44.1 Å². The summed E-state index contributed by atoms with van der Waals surface area (Å²) in [6.07, 6.45) is 0.587. The number of sulfonamides is 1. The number of benzene rings is 1. The molecule has 0 aliphatic carbocycles. The monoisotopic (exact) mass is 415 g/mol. The van der Waals surface area contributed by atoms with Crippen LogP contribution in [0, 0.1) is 13.8 Å². The minimum absolute atomic E-state index is 0.103. The number of aryl methyl sites for hydroxylation is 2. The molecule has 2 aromatic heterocycles. The number of carbonyl (C=O) groups is 1. The van der Waals surface area contributed by atoms with Crippen LogP contribution >= 0.6 is 0 Å². The van der Waals surface area contributed by atoms with Crippen molar-refractivity contribution in [2.75, 3.05) is 26.2 Å². The molecule has 1 N–H and O–H groups in total. The van der Waals surface area contributed by atoms with Gasteiger partial charge in [0.1, 0.15) is 10.6 Å². The lowest BCUT2D eigenvalue weighted by atomic mass is 10.2. The zero-order chi connectivity index (χ0) is 20.8. The Morgan fingerprint density at radius 2 is 1.86 bits per heavy atom. The van der Waals surface area contributed by atoms with E-state index in [1.54, 1.807) is 30.5 Å². The van der Waals surface area contributed by atoms with Gasteiger partial charge >= 0.3 is 0 Å². The number of rotatable bonds is 3. The number of hydrogen-bond acceptors (Lipinski definition) is 4. The van der Waals surface area contributed by atoms with Gasteiger partial charge in [-0.3, -0.25) is 9.48 Å². The lowest BCUT2D eigenvalue weighted by molar-refractivity contribution is 0.0759. The molecule has 3 aromatic rings. The summed E-state index contributed by atoms with van der Waals surface area (Å²) in [6.45, 7) is 4.99. The quantitative estimate of drug-likeness (QED) is 0.709. The maximum absolute atomic E-state index is 13.2. The van der Waals surface area contributed by atoms with E-state index in [1.165, 1.54) is 4.31 Å². The Bertz CT molecular complexity index is 1150. The number of para-hydroxylation sites is 1. The number of hydrogen-bond donors (Lipinski definition) is 1. The van der Waals surface area contributed by atoms with Crippen molar-refractivity contribution < 1.29 is 13.2 Å². The highest BCUT2D eigenvalue weighted by molar-refractivity contribution is 7.89. The number of nitrogens with zero attached hydrogens (tertiary/aromatic N) is 4. The van der Waals surface area contributed by atoms with Crippen molar-refractivity contribution in [3.05, 3.63) is 47.4 Å². The van der Waals surface area contributed by atoms with Gasteiger partial charge in [-0.05, 0) is 32.4 Å². The van der Waals surface area contributed by atoms with Gasteiger partial charge in [-0.1, -0.05) is 18.2 Å². The molecule has 1 aromatic carbocycles. The zero-order valence-electron chi connectivity index (χ0n) is 16.8. The Hall–Kier alpha value is -2.65. The van der Waals surface area contributed by atoms with Crippen LogP contribution in [0.25, 0.3) is 10.9 Å². The van der Waals surface area contributed by atoms with Crippen LogP contribution < -0.4 is 0 Å². The van der Waals surface area contributed by atoms with E-state index in [2.05, 4.69) is 10.1 Å². The Morgan fingerprint density at radius 3 is 2.55 bits per heavy atom. The van der Waals surface area contributed by atoms with Crippen molar-refractivity contribution >= 4 is 26.8 Å². The standard InChI is InChI=1S/C20H25N5O3S/c1-14-19(15(2)23(3)22-14)29(27,28)25-10-6-9-24(11-12-25)20(26)18-13-16-7-4-5-8-17(16)21-18/h4-5,7-8,13,21H,6,9-12H2,1-3H3. The highest BCUT2D eigenvalue weighted by Gasteiger charge is 2.32. The van der Waals surface area contributed by atoms with Crippen LogP contribution in [-0.4, -0.2) is 64.5 Å². The maximum atomic E-state index is 13.2. The third-order valence-electron chi connectivity index (χ3n) is 5.54. The van der Waals surface area contributed by atoms with Crippen LogP contribution in [0.1, 0.15) is 28.3 Å². The average Bonchev–Trinajstić information content (AvgIpc) is 3.10. The van der Waals surface area contributed by atoms with Crippen molar-refractivity contribution in [3.63, 3.8) is 0 Å². The van der Waals surface area contributed by atoms with E-state index in [0.717, 1.165) is 10.9 Å². The number of amides is 1. The number of nitrogens with one attached hydrogen (secondary N) is 1. The van der Waals surface area contributed by atoms with E-state index in [1.807, 2.05) is 30.3 Å². The topological polar surface area (TPSA) is 91.3 Å². The van der Waals surface area contributed by atoms with Crippen molar-refractivity contribution in [3.8, 4) is 0 Å². The minimum atomic E-state index is -3.66. The van der Waals surface area contributed by atoms with Crippen LogP contribution in [0.5, 0.6) is 0 Å². The molecule has 0 saturated carbocycles. The fraction of sp³-hybridized carbons (Fsp3) is 0.400. The smallest absolute Gasteiger partial charge is 0.270 e. The highest BCUT2D eigenvalue weighted by Crippen LogP contribution is 2.24. The number of aromatic nitrogens is 3. The lowest BCUT2D eigenvalue weighted by Crippen LogP contribution is -2.37. The maximum Gasteiger partial charge on any atom is 0.270 e. The molecule has 0 atom stereocenters. The number of H-pyrrole nitrogens is 1. The molecule has 1 aliphatic heterocycles. The number of carbonyl (C=O) groups excluding carboxylic acids is 1. The average molecular weight is 416 g/mol. The summed E-state index contributed by atoms with van der Waals surface area (Å²) in [6, 6.07) is 9.59. The third kappa shape index (κ3) is 3.44. The first kappa shape index (κ1) is 19.7. The van der Waals surface area contributed by atoms with Crippen LogP contribution in [0.15, 0.2) is 35.2 Å². The van der Waals surface area contributed by atoms with E-state index < -0.39 is 10.0 Å². The second-order valence-electron chi connectivity index (χ2n) is 7.44. The first-order chi connectivity index (χ1) is 13.8. The lowest BCUT2D eigenvalue weighted by Gasteiger charge is -2.21. The summed E-state index contributed by atoms with van der Waals surface area (Å²) in [5.74, 6) is -0.103. The first-order valence-electron chi connectivity index (χ1n) is 9.66. The molecule has 8 nitrogen and oxygen atoms in total. The van der Waals surface area contributed by atoms with Gasteiger partial charge in [0.25, 0.3) is 5.91 Å². The Kier molecular flexibility index (Phi) is 4.95. The molecule has 29 heavy (non-hydrogen) atoms. The van der Waals surface area contributed by atoms with Crippen molar-refractivity contribution in [1.29, 1.82) is 0 Å². The molecule has 1 saturated heterocycles. The van der Waals surface area contributed by atoms with Crippen molar-refractivity contribution in [2.45, 2.75) is 25.2 Å². The normalized spacial score (nSPS) is 16.3. The Balaban J connectivity index is 1.54. The summed E-state index contributed by atoms with van der Waals surface area (Å²) >= 11 is 0. The molecule has 1 fully saturated rings. The van der Waals surface area contributed by atoms with Gasteiger partial charge in [-0.15, -0.1) is 0 Å². The number of fused-ring (bicyclic) bond motifs is 1. The second kappa shape index (κ2) is 7.31. The zero-order valence-corrected chi connectivity index (χ0v) is 17.7. The molecule has 0 bridgehead atoms. The van der Waals surface area contributed by atoms with Crippen LogP contribution in [0.3, 0.4) is 0 Å². The molecule has 1 aliphatic rings. The minimum Gasteiger partial charge on any atom is -0.351 e. The van der Waals surface area contributed by atoms with E-state index in [-0.39, 0.29) is 17.3 Å². The molecule has 0 radical (unpaired) electrons. The van der Waals surface area contributed by atoms with E-state index >= 15 is 0 Å². The molecular weight excluding hydrogens is 390 g/mol. The van der Waals surface area contributed by atoms with Gasteiger partial charge < -0.3 is 9.88 Å².